The van der Waals surface area contributed by atoms with Gasteiger partial charge in [0.05, 0.1) is 17.7 Å². The predicted octanol–water partition coefficient (Wildman–Crippen LogP) is 4.54. The molecule has 1 atom stereocenters. The van der Waals surface area contributed by atoms with Crippen molar-refractivity contribution in [2.45, 2.75) is 31.7 Å². The summed E-state index contributed by atoms with van der Waals surface area (Å²) in [7, 11) is 1.50. The Morgan fingerprint density at radius 3 is 2.79 bits per heavy atom. The summed E-state index contributed by atoms with van der Waals surface area (Å²) in [5.74, 6) is 1.07. The molecule has 178 valence electrons. The number of benzene rings is 2. The van der Waals surface area contributed by atoms with Crippen LogP contribution in [-0.2, 0) is 11.4 Å². The zero-order valence-electron chi connectivity index (χ0n) is 18.8. The lowest BCUT2D eigenvalue weighted by molar-refractivity contribution is -0.115. The summed E-state index contributed by atoms with van der Waals surface area (Å²) in [6, 6.07) is 9.05. The number of amides is 1. The maximum absolute atomic E-state index is 14.1. The van der Waals surface area contributed by atoms with Crippen LogP contribution in [0.3, 0.4) is 0 Å². The Hall–Kier alpha value is -3.24. The lowest BCUT2D eigenvalue weighted by Gasteiger charge is -2.28. The molecule has 11 heteroatoms. The van der Waals surface area contributed by atoms with E-state index in [0.717, 1.165) is 5.75 Å². The van der Waals surface area contributed by atoms with Gasteiger partial charge in [0.25, 0.3) is 0 Å². The van der Waals surface area contributed by atoms with Crippen LogP contribution in [0.4, 0.5) is 10.3 Å². The Bertz CT molecular complexity index is 1260. The maximum Gasteiger partial charge on any atom is 0.248 e. The summed E-state index contributed by atoms with van der Waals surface area (Å²) in [6.07, 6.45) is 0. The number of halogens is 2. The van der Waals surface area contributed by atoms with Crippen molar-refractivity contribution >= 4 is 35.2 Å². The smallest absolute Gasteiger partial charge is 0.248 e. The fraction of sp³-hybridized carbons (Fsp3) is 0.261. The number of rotatable bonds is 8. The Labute approximate surface area is 205 Å². The van der Waals surface area contributed by atoms with Crippen molar-refractivity contribution in [2.24, 2.45) is 5.73 Å². The van der Waals surface area contributed by atoms with E-state index in [4.69, 9.17) is 26.8 Å². The number of fused-ring (bicyclic) bond motifs is 1. The van der Waals surface area contributed by atoms with E-state index < -0.39 is 17.8 Å². The molecule has 0 saturated heterocycles. The monoisotopic (exact) mass is 503 g/mol. The van der Waals surface area contributed by atoms with Crippen LogP contribution < -0.4 is 20.5 Å². The first-order chi connectivity index (χ1) is 16.3. The van der Waals surface area contributed by atoms with Gasteiger partial charge < -0.3 is 20.5 Å². The molecule has 1 unspecified atom stereocenters. The van der Waals surface area contributed by atoms with Crippen LogP contribution in [0.2, 0.25) is 5.02 Å². The summed E-state index contributed by atoms with van der Waals surface area (Å²) in [5, 5.41) is 8.54. The van der Waals surface area contributed by atoms with E-state index in [1.165, 1.54) is 31.0 Å². The highest BCUT2D eigenvalue weighted by atomic mass is 35.5. The van der Waals surface area contributed by atoms with Crippen LogP contribution in [0.25, 0.3) is 0 Å². The molecule has 0 saturated carbocycles. The number of nitrogens with one attached hydrogen (secondary N) is 1. The van der Waals surface area contributed by atoms with Crippen molar-refractivity contribution in [3.63, 3.8) is 0 Å². The Kier molecular flexibility index (Phi) is 6.99. The molecule has 3 aromatic rings. The van der Waals surface area contributed by atoms with Gasteiger partial charge in [0.2, 0.25) is 17.0 Å². The molecule has 34 heavy (non-hydrogen) atoms. The lowest BCUT2D eigenvalue weighted by Crippen LogP contribution is -2.31. The van der Waals surface area contributed by atoms with Gasteiger partial charge in [0.15, 0.2) is 11.5 Å². The van der Waals surface area contributed by atoms with Crippen LogP contribution in [0, 0.1) is 5.82 Å². The van der Waals surface area contributed by atoms with E-state index in [9.17, 15) is 9.18 Å². The highest BCUT2D eigenvalue weighted by molar-refractivity contribution is 7.99. The van der Waals surface area contributed by atoms with Crippen LogP contribution in [0.5, 0.6) is 11.5 Å². The third-order valence-electron chi connectivity index (χ3n) is 5.31. The third kappa shape index (κ3) is 4.55. The minimum atomic E-state index is -0.614. The Morgan fingerprint density at radius 2 is 2.12 bits per heavy atom. The van der Waals surface area contributed by atoms with Gasteiger partial charge in [0.1, 0.15) is 18.5 Å². The molecule has 3 N–H and O–H groups in total. The second kappa shape index (κ2) is 9.94. The van der Waals surface area contributed by atoms with Crippen molar-refractivity contribution in [2.75, 3.05) is 18.2 Å². The molecule has 1 aromatic heterocycles. The van der Waals surface area contributed by atoms with Crippen LogP contribution in [0.1, 0.15) is 31.0 Å². The zero-order chi connectivity index (χ0) is 24.4. The predicted molar refractivity (Wildman–Crippen MR) is 129 cm³/mol. The van der Waals surface area contributed by atoms with E-state index in [2.05, 4.69) is 15.4 Å². The number of anilines is 1. The molecule has 1 aliphatic rings. The molecule has 0 bridgehead atoms. The first kappa shape index (κ1) is 23.9. The van der Waals surface area contributed by atoms with Crippen molar-refractivity contribution in [1.29, 1.82) is 0 Å². The topological polar surface area (TPSA) is 104 Å². The highest BCUT2D eigenvalue weighted by Gasteiger charge is 2.33. The molecule has 4 rings (SSSR count). The van der Waals surface area contributed by atoms with E-state index in [1.54, 1.807) is 35.9 Å². The zero-order valence-corrected chi connectivity index (χ0v) is 20.3. The summed E-state index contributed by atoms with van der Waals surface area (Å²) in [4.78, 5) is 16.9. The van der Waals surface area contributed by atoms with Crippen molar-refractivity contribution < 1.29 is 18.7 Å². The van der Waals surface area contributed by atoms with Crippen molar-refractivity contribution in [1.82, 2.24) is 14.8 Å². The molecular weight excluding hydrogens is 481 g/mol. The molecule has 0 radical (unpaired) electrons. The number of nitrogens with zero attached hydrogens (tertiary/aromatic N) is 3. The standard InChI is InChI=1S/C23H23ClFN5O3S/c1-4-34-23-28-22-27-12(2)19(21(26)31)20(30(22)29-23)13-8-9-17(18(10-13)32-3)33-11-14-15(24)6-5-7-16(14)25/h5-10,20H,4,11H2,1-3H3,(H2,26,31)(H,27,28,29). The van der Waals surface area contributed by atoms with Gasteiger partial charge in [-0.25, -0.2) is 9.07 Å². The number of hydrogen-bond acceptors (Lipinski definition) is 7. The molecule has 0 spiro atoms. The second-order valence-electron chi connectivity index (χ2n) is 7.43. The molecule has 0 fully saturated rings. The van der Waals surface area contributed by atoms with Gasteiger partial charge in [-0.1, -0.05) is 42.4 Å². The van der Waals surface area contributed by atoms with Gasteiger partial charge in [-0.2, -0.15) is 4.98 Å². The maximum atomic E-state index is 14.1. The minimum Gasteiger partial charge on any atom is -0.493 e. The summed E-state index contributed by atoms with van der Waals surface area (Å²) < 4.78 is 27.1. The average Bonchev–Trinajstić information content (AvgIpc) is 3.19. The molecule has 2 aromatic carbocycles. The summed E-state index contributed by atoms with van der Waals surface area (Å²) in [6.45, 7) is 3.70. The van der Waals surface area contributed by atoms with Gasteiger partial charge >= 0.3 is 0 Å². The fourth-order valence-electron chi connectivity index (χ4n) is 3.74. The van der Waals surface area contributed by atoms with Gasteiger partial charge in [-0.15, -0.1) is 5.10 Å². The normalized spacial score (nSPS) is 15.0. The first-order valence-electron chi connectivity index (χ1n) is 10.4. The molecule has 0 aliphatic carbocycles. The lowest BCUT2D eigenvalue weighted by atomic mass is 9.95. The quantitative estimate of drug-likeness (QED) is 0.435. The Morgan fingerprint density at radius 1 is 1.32 bits per heavy atom. The largest absolute Gasteiger partial charge is 0.493 e. The number of thioether (sulfide) groups is 1. The van der Waals surface area contributed by atoms with E-state index in [0.29, 0.717) is 39.4 Å². The van der Waals surface area contributed by atoms with Crippen LogP contribution in [0.15, 0.2) is 52.8 Å². The Balaban J connectivity index is 1.71. The summed E-state index contributed by atoms with van der Waals surface area (Å²) >= 11 is 7.59. The molecule has 2 heterocycles. The van der Waals surface area contributed by atoms with E-state index in [1.807, 2.05) is 6.92 Å². The van der Waals surface area contributed by atoms with Gasteiger partial charge in [-0.3, -0.25) is 4.79 Å². The molecular formula is C23H23ClFN5O3S. The number of nitrogens with two attached hydrogens (primary N) is 1. The van der Waals surface area contributed by atoms with Gasteiger partial charge in [0, 0.05) is 11.3 Å². The number of carbonyl (C=O) groups is 1. The minimum absolute atomic E-state index is 0.0784. The average molecular weight is 504 g/mol. The molecule has 8 nitrogen and oxygen atoms in total. The number of hydrogen-bond donors (Lipinski definition) is 2. The number of ether oxygens (including phenoxy) is 2. The molecule has 1 amide bonds. The third-order valence-corrected chi connectivity index (χ3v) is 6.38. The number of aromatic nitrogens is 3. The number of methoxy groups -OCH3 is 1. The van der Waals surface area contributed by atoms with Crippen molar-refractivity contribution in [3.8, 4) is 11.5 Å². The van der Waals surface area contributed by atoms with Crippen molar-refractivity contribution in [3.05, 3.63) is 69.6 Å². The van der Waals surface area contributed by atoms with E-state index in [-0.39, 0.29) is 17.2 Å². The SMILES string of the molecule is CCSc1nc2n(n1)C(c1ccc(OCc3c(F)cccc3Cl)c(OC)c1)C(C(N)=O)=C(C)N2. The highest BCUT2D eigenvalue weighted by Crippen LogP contribution is 2.39. The number of primary amides is 1. The fourth-order valence-corrected chi connectivity index (χ4v) is 4.52. The molecule has 1 aliphatic heterocycles. The van der Waals surface area contributed by atoms with E-state index >= 15 is 0 Å². The number of carbonyl (C=O) groups excluding carboxylic acids is 1. The number of allylic oxidation sites excluding steroid dienone is 1. The van der Waals surface area contributed by atoms with Crippen LogP contribution >= 0.6 is 23.4 Å². The summed E-state index contributed by atoms with van der Waals surface area (Å²) in [5.41, 5.74) is 7.64. The van der Waals surface area contributed by atoms with Gasteiger partial charge in [-0.05, 0) is 42.5 Å². The van der Waals surface area contributed by atoms with Crippen LogP contribution in [-0.4, -0.2) is 33.5 Å². The second-order valence-corrected chi connectivity index (χ2v) is 9.06. The first-order valence-corrected chi connectivity index (χ1v) is 11.8.